The van der Waals surface area contributed by atoms with Crippen LogP contribution in [0.5, 0.6) is 5.75 Å². The SMILES string of the molecule is CCc1cc(OC(C)=O)cc(CC)c1C[C@H](NC(C)=O)C(=O)OC. The zero-order valence-electron chi connectivity index (χ0n) is 14.9. The number of aryl methyl sites for hydroxylation is 2. The number of carbonyl (C=O) groups is 3. The molecule has 0 aliphatic carbocycles. The Bertz CT molecular complexity index is 599. The van der Waals surface area contributed by atoms with Crippen molar-refractivity contribution in [3.63, 3.8) is 0 Å². The van der Waals surface area contributed by atoms with E-state index < -0.39 is 12.0 Å². The van der Waals surface area contributed by atoms with E-state index in [-0.39, 0.29) is 11.9 Å². The van der Waals surface area contributed by atoms with Crippen molar-refractivity contribution in [1.29, 1.82) is 0 Å². The second-order valence-corrected chi connectivity index (χ2v) is 5.50. The predicted molar refractivity (Wildman–Crippen MR) is 89.8 cm³/mol. The van der Waals surface area contributed by atoms with E-state index in [9.17, 15) is 14.4 Å². The number of amides is 1. The number of rotatable bonds is 7. The second-order valence-electron chi connectivity index (χ2n) is 5.50. The van der Waals surface area contributed by atoms with Crippen LogP contribution in [0.1, 0.15) is 44.4 Å². The van der Waals surface area contributed by atoms with Crippen molar-refractivity contribution < 1.29 is 23.9 Å². The molecule has 24 heavy (non-hydrogen) atoms. The lowest BCUT2D eigenvalue weighted by atomic mass is 9.92. The molecule has 1 aromatic rings. The Morgan fingerprint density at radius 1 is 1.08 bits per heavy atom. The van der Waals surface area contributed by atoms with Gasteiger partial charge >= 0.3 is 11.9 Å². The van der Waals surface area contributed by atoms with Crippen LogP contribution in [0.2, 0.25) is 0 Å². The van der Waals surface area contributed by atoms with E-state index in [0.717, 1.165) is 16.7 Å². The van der Waals surface area contributed by atoms with Crippen LogP contribution in [0.25, 0.3) is 0 Å². The summed E-state index contributed by atoms with van der Waals surface area (Å²) < 4.78 is 9.98. The van der Waals surface area contributed by atoms with Crippen LogP contribution in [0, 0.1) is 0 Å². The van der Waals surface area contributed by atoms with Crippen LogP contribution < -0.4 is 10.1 Å². The van der Waals surface area contributed by atoms with Crippen molar-refractivity contribution >= 4 is 17.8 Å². The predicted octanol–water partition coefficient (Wildman–Crippen LogP) is 1.96. The Labute approximate surface area is 142 Å². The first kappa shape index (κ1) is 19.7. The molecule has 0 saturated carbocycles. The molecule has 0 radical (unpaired) electrons. The van der Waals surface area contributed by atoms with Crippen LogP contribution in [0.3, 0.4) is 0 Å². The molecule has 6 nitrogen and oxygen atoms in total. The summed E-state index contributed by atoms with van der Waals surface area (Å²) >= 11 is 0. The Morgan fingerprint density at radius 2 is 1.62 bits per heavy atom. The molecule has 1 rings (SSSR count). The van der Waals surface area contributed by atoms with Gasteiger partial charge in [-0.05, 0) is 41.7 Å². The molecule has 0 aliphatic heterocycles. The molecule has 1 aromatic carbocycles. The number of esters is 2. The fraction of sp³-hybridized carbons (Fsp3) is 0.500. The van der Waals surface area contributed by atoms with Crippen LogP contribution in [-0.4, -0.2) is 31.0 Å². The van der Waals surface area contributed by atoms with E-state index >= 15 is 0 Å². The monoisotopic (exact) mass is 335 g/mol. The zero-order chi connectivity index (χ0) is 18.3. The molecule has 0 heterocycles. The second kappa shape index (κ2) is 9.05. The number of nitrogens with one attached hydrogen (secondary N) is 1. The third-order valence-corrected chi connectivity index (χ3v) is 3.70. The summed E-state index contributed by atoms with van der Waals surface area (Å²) in [4.78, 5) is 34.5. The number of carbonyl (C=O) groups excluding carboxylic acids is 3. The number of benzene rings is 1. The Balaban J connectivity index is 3.26. The summed E-state index contributed by atoms with van der Waals surface area (Å²) in [6, 6.07) is 2.86. The highest BCUT2D eigenvalue weighted by Crippen LogP contribution is 2.26. The standard InChI is InChI=1S/C18H25NO5/c1-6-13-8-15(24-12(4)21)9-14(7-2)16(13)10-17(18(22)23-5)19-11(3)20/h8-9,17H,6-7,10H2,1-5H3,(H,19,20)/t17-/m0/s1. The summed E-state index contributed by atoms with van der Waals surface area (Å²) in [6.45, 7) is 6.69. The number of hydrogen-bond acceptors (Lipinski definition) is 5. The maximum atomic E-state index is 12.0. The van der Waals surface area contributed by atoms with Gasteiger partial charge in [-0.1, -0.05) is 13.8 Å². The fourth-order valence-corrected chi connectivity index (χ4v) is 2.67. The highest BCUT2D eigenvalue weighted by atomic mass is 16.5. The Kier molecular flexibility index (Phi) is 7.42. The summed E-state index contributed by atoms with van der Waals surface area (Å²) in [5, 5.41) is 2.63. The highest BCUT2D eigenvalue weighted by molar-refractivity contribution is 5.83. The lowest BCUT2D eigenvalue weighted by molar-refractivity contribution is -0.144. The van der Waals surface area contributed by atoms with Crippen molar-refractivity contribution in [2.24, 2.45) is 0 Å². The van der Waals surface area contributed by atoms with Gasteiger partial charge in [0.05, 0.1) is 7.11 Å². The van der Waals surface area contributed by atoms with E-state index in [0.29, 0.717) is 25.0 Å². The molecular formula is C18H25NO5. The smallest absolute Gasteiger partial charge is 0.328 e. The van der Waals surface area contributed by atoms with Gasteiger partial charge in [-0.2, -0.15) is 0 Å². The first-order valence-electron chi connectivity index (χ1n) is 8.00. The van der Waals surface area contributed by atoms with Gasteiger partial charge in [-0.25, -0.2) is 4.79 Å². The molecule has 132 valence electrons. The number of hydrogen-bond donors (Lipinski definition) is 1. The molecule has 1 atom stereocenters. The van der Waals surface area contributed by atoms with E-state index in [1.807, 2.05) is 13.8 Å². The van der Waals surface area contributed by atoms with Gasteiger partial charge in [0.15, 0.2) is 0 Å². The summed E-state index contributed by atoms with van der Waals surface area (Å²) in [6.07, 6.45) is 1.76. The Morgan fingerprint density at radius 3 is 2.00 bits per heavy atom. The first-order chi connectivity index (χ1) is 11.3. The molecular weight excluding hydrogens is 310 g/mol. The normalized spacial score (nSPS) is 11.5. The van der Waals surface area contributed by atoms with Crippen molar-refractivity contribution in [1.82, 2.24) is 5.32 Å². The van der Waals surface area contributed by atoms with Gasteiger partial charge in [0.25, 0.3) is 0 Å². The minimum atomic E-state index is -0.748. The van der Waals surface area contributed by atoms with Gasteiger partial charge in [0, 0.05) is 20.3 Å². The number of methoxy groups -OCH3 is 1. The summed E-state index contributed by atoms with van der Waals surface area (Å²) in [7, 11) is 1.29. The maximum absolute atomic E-state index is 12.0. The lowest BCUT2D eigenvalue weighted by Crippen LogP contribution is -2.42. The van der Waals surface area contributed by atoms with E-state index in [2.05, 4.69) is 5.32 Å². The average Bonchev–Trinajstić information content (AvgIpc) is 2.53. The van der Waals surface area contributed by atoms with Crippen molar-refractivity contribution in [3.05, 3.63) is 28.8 Å². The summed E-state index contributed by atoms with van der Waals surface area (Å²) in [5.41, 5.74) is 2.93. The Hall–Kier alpha value is -2.37. The summed E-state index contributed by atoms with van der Waals surface area (Å²) in [5.74, 6) is -0.664. The quantitative estimate of drug-likeness (QED) is 0.608. The van der Waals surface area contributed by atoms with Crippen molar-refractivity contribution in [2.75, 3.05) is 7.11 Å². The molecule has 1 N–H and O–H groups in total. The van der Waals surface area contributed by atoms with Gasteiger partial charge in [-0.3, -0.25) is 9.59 Å². The molecule has 0 aliphatic rings. The maximum Gasteiger partial charge on any atom is 0.328 e. The van der Waals surface area contributed by atoms with Gasteiger partial charge < -0.3 is 14.8 Å². The molecule has 6 heteroatoms. The minimum absolute atomic E-state index is 0.293. The lowest BCUT2D eigenvalue weighted by Gasteiger charge is -2.20. The zero-order valence-corrected chi connectivity index (χ0v) is 14.9. The van der Waals surface area contributed by atoms with E-state index in [4.69, 9.17) is 9.47 Å². The van der Waals surface area contributed by atoms with Crippen molar-refractivity contribution in [3.8, 4) is 5.75 Å². The van der Waals surface area contributed by atoms with Crippen LogP contribution >= 0.6 is 0 Å². The molecule has 0 saturated heterocycles. The minimum Gasteiger partial charge on any atom is -0.467 e. The topological polar surface area (TPSA) is 81.7 Å². The first-order valence-corrected chi connectivity index (χ1v) is 8.00. The third kappa shape index (κ3) is 5.37. The van der Waals surface area contributed by atoms with Crippen LogP contribution in [0.4, 0.5) is 0 Å². The van der Waals surface area contributed by atoms with Gasteiger partial charge in [0.1, 0.15) is 11.8 Å². The van der Waals surface area contributed by atoms with E-state index in [1.54, 1.807) is 12.1 Å². The van der Waals surface area contributed by atoms with E-state index in [1.165, 1.54) is 21.0 Å². The van der Waals surface area contributed by atoms with Crippen LogP contribution in [0.15, 0.2) is 12.1 Å². The third-order valence-electron chi connectivity index (χ3n) is 3.70. The molecule has 0 aromatic heterocycles. The molecule has 0 spiro atoms. The van der Waals surface area contributed by atoms with Crippen molar-refractivity contribution in [2.45, 2.75) is 53.0 Å². The average molecular weight is 335 g/mol. The molecule has 0 unspecified atom stereocenters. The highest BCUT2D eigenvalue weighted by Gasteiger charge is 2.23. The largest absolute Gasteiger partial charge is 0.467 e. The molecule has 0 bridgehead atoms. The van der Waals surface area contributed by atoms with Gasteiger partial charge in [0.2, 0.25) is 5.91 Å². The number of ether oxygens (including phenoxy) is 2. The molecule has 0 fully saturated rings. The molecule has 1 amide bonds. The van der Waals surface area contributed by atoms with Gasteiger partial charge in [-0.15, -0.1) is 0 Å². The van der Waals surface area contributed by atoms with Crippen LogP contribution in [-0.2, 0) is 38.4 Å². The fourth-order valence-electron chi connectivity index (χ4n) is 2.67.